The molecule has 0 aliphatic carbocycles. The largest absolute Gasteiger partial charge is 0.459 e. The van der Waals surface area contributed by atoms with Crippen molar-refractivity contribution in [1.29, 1.82) is 0 Å². The van der Waals surface area contributed by atoms with Crippen LogP contribution < -0.4 is 4.90 Å². The third kappa shape index (κ3) is 2.31. The number of carbonyl (C=O) groups is 1. The molecule has 3 aromatic heterocycles. The van der Waals surface area contributed by atoms with Crippen LogP contribution in [0.15, 0.2) is 34.4 Å². The Morgan fingerprint density at radius 2 is 2.12 bits per heavy atom. The molecule has 0 bridgehead atoms. The van der Waals surface area contributed by atoms with E-state index >= 15 is 0 Å². The molecule has 4 rings (SSSR count). The average Bonchev–Trinajstić information content (AvgIpc) is 3.30. The molecule has 4 heterocycles. The van der Waals surface area contributed by atoms with E-state index in [1.165, 1.54) is 22.0 Å². The van der Waals surface area contributed by atoms with Gasteiger partial charge in [0.15, 0.2) is 5.76 Å². The van der Waals surface area contributed by atoms with Gasteiger partial charge < -0.3 is 24.3 Å². The highest BCUT2D eigenvalue weighted by atomic mass is 32.1. The van der Waals surface area contributed by atoms with Crippen LogP contribution in [-0.4, -0.2) is 51.3 Å². The summed E-state index contributed by atoms with van der Waals surface area (Å²) in [5, 5.41) is 13.2. The molecule has 1 saturated heterocycles. The second kappa shape index (κ2) is 5.64. The molecule has 1 amide bonds. The van der Waals surface area contributed by atoms with Crippen LogP contribution >= 0.6 is 11.3 Å². The summed E-state index contributed by atoms with van der Waals surface area (Å²) in [5.41, 5.74) is 0. The fraction of sp³-hybridized carbons (Fsp3) is 0.286. The van der Waals surface area contributed by atoms with E-state index < -0.39 is 4.92 Å². The molecule has 0 spiro atoms. The second-order valence-electron chi connectivity index (χ2n) is 5.33. The van der Waals surface area contributed by atoms with Gasteiger partial charge in [0, 0.05) is 31.6 Å². The summed E-state index contributed by atoms with van der Waals surface area (Å²) >= 11 is 1.35. The van der Waals surface area contributed by atoms with E-state index in [4.69, 9.17) is 4.42 Å². The summed E-state index contributed by atoms with van der Waals surface area (Å²) in [5.74, 6) is 0.464. The Bertz CT molecular complexity index is 892. The molecule has 0 unspecified atom stereocenters. The van der Waals surface area contributed by atoms with E-state index in [0.29, 0.717) is 42.7 Å². The molecule has 0 radical (unpaired) electrons. The first-order chi connectivity index (χ1) is 11.6. The molecule has 0 aromatic carbocycles. The number of piperazine rings is 1. The van der Waals surface area contributed by atoms with Gasteiger partial charge in [-0.3, -0.25) is 4.79 Å². The summed E-state index contributed by atoms with van der Waals surface area (Å²) in [6.45, 7) is 1.89. The average molecular weight is 347 g/mol. The van der Waals surface area contributed by atoms with E-state index in [9.17, 15) is 14.9 Å². The lowest BCUT2D eigenvalue weighted by molar-refractivity contribution is -0.389. The monoisotopic (exact) mass is 347 g/mol. The van der Waals surface area contributed by atoms with Gasteiger partial charge in [-0.2, -0.15) is 9.38 Å². The highest BCUT2D eigenvalue weighted by molar-refractivity contribution is 7.15. The van der Waals surface area contributed by atoms with Crippen LogP contribution in [0.4, 0.5) is 11.6 Å². The molecule has 24 heavy (non-hydrogen) atoms. The summed E-state index contributed by atoms with van der Waals surface area (Å²) in [6, 6.07) is 3.30. The van der Waals surface area contributed by atoms with E-state index in [1.54, 1.807) is 28.6 Å². The molecule has 9 nitrogen and oxygen atoms in total. The third-order valence-corrected chi connectivity index (χ3v) is 4.75. The first-order valence-corrected chi connectivity index (χ1v) is 8.21. The van der Waals surface area contributed by atoms with Crippen LogP contribution in [0.5, 0.6) is 0 Å². The molecule has 1 aliphatic heterocycles. The number of nitrogens with zero attached hydrogens (tertiary/aromatic N) is 5. The van der Waals surface area contributed by atoms with E-state index in [1.807, 2.05) is 4.90 Å². The quantitative estimate of drug-likeness (QED) is 0.530. The van der Waals surface area contributed by atoms with Gasteiger partial charge in [-0.05, 0) is 17.1 Å². The number of anilines is 1. The van der Waals surface area contributed by atoms with Crippen molar-refractivity contribution in [2.75, 3.05) is 31.1 Å². The number of furan rings is 1. The smallest absolute Gasteiger partial charge is 0.373 e. The normalized spacial score (nSPS) is 15.2. The zero-order chi connectivity index (χ0) is 16.7. The summed E-state index contributed by atoms with van der Waals surface area (Å²) < 4.78 is 6.62. The highest BCUT2D eigenvalue weighted by Gasteiger charge is 2.31. The van der Waals surface area contributed by atoms with Crippen LogP contribution in [0, 0.1) is 10.1 Å². The fourth-order valence-corrected chi connectivity index (χ4v) is 3.53. The molecular formula is C14H13N5O4S. The molecule has 1 aliphatic rings. The van der Waals surface area contributed by atoms with Crippen molar-refractivity contribution >= 4 is 33.8 Å². The van der Waals surface area contributed by atoms with Crippen molar-refractivity contribution in [3.63, 3.8) is 0 Å². The Labute approximate surface area is 139 Å². The zero-order valence-electron chi connectivity index (χ0n) is 12.5. The number of carbonyl (C=O) groups excluding carboxylic acids is 1. The van der Waals surface area contributed by atoms with Crippen LogP contribution in [0.1, 0.15) is 10.6 Å². The van der Waals surface area contributed by atoms with Crippen LogP contribution in [0.2, 0.25) is 0 Å². The SMILES string of the molecule is O=C(c1ccco1)N1CCN(c2nc3sccn3c2[N+](=O)[O-])CC1. The maximum absolute atomic E-state index is 12.3. The Hall–Kier alpha value is -2.88. The minimum atomic E-state index is -0.414. The number of fused-ring (bicyclic) bond motifs is 1. The van der Waals surface area contributed by atoms with Crippen molar-refractivity contribution in [2.24, 2.45) is 0 Å². The topological polar surface area (TPSA) is 97.1 Å². The second-order valence-corrected chi connectivity index (χ2v) is 6.20. The van der Waals surface area contributed by atoms with E-state index in [0.717, 1.165) is 0 Å². The predicted octanol–water partition coefficient (Wildman–Crippen LogP) is 1.86. The molecule has 10 heteroatoms. The van der Waals surface area contributed by atoms with E-state index in [-0.39, 0.29) is 11.7 Å². The van der Waals surface area contributed by atoms with Gasteiger partial charge in [0.25, 0.3) is 10.9 Å². The van der Waals surface area contributed by atoms with Gasteiger partial charge in [0.2, 0.25) is 5.82 Å². The molecule has 3 aromatic rings. The maximum atomic E-state index is 12.3. The van der Waals surface area contributed by atoms with Crippen molar-refractivity contribution in [3.8, 4) is 0 Å². The highest BCUT2D eigenvalue weighted by Crippen LogP contribution is 2.31. The zero-order valence-corrected chi connectivity index (χ0v) is 13.3. The maximum Gasteiger partial charge on any atom is 0.373 e. The number of imidazole rings is 1. The minimum Gasteiger partial charge on any atom is -0.459 e. The van der Waals surface area contributed by atoms with Crippen molar-refractivity contribution < 1.29 is 14.1 Å². The molecular weight excluding hydrogens is 334 g/mol. The van der Waals surface area contributed by atoms with Crippen LogP contribution in [0.25, 0.3) is 4.96 Å². The fourth-order valence-electron chi connectivity index (χ4n) is 2.82. The lowest BCUT2D eigenvalue weighted by atomic mass is 10.3. The Kier molecular flexibility index (Phi) is 3.45. The van der Waals surface area contributed by atoms with Crippen LogP contribution in [-0.2, 0) is 0 Å². The molecule has 0 saturated carbocycles. The molecule has 0 atom stereocenters. The number of amides is 1. The number of nitro groups is 1. The first-order valence-electron chi connectivity index (χ1n) is 7.33. The van der Waals surface area contributed by atoms with Crippen molar-refractivity contribution in [3.05, 3.63) is 45.8 Å². The first kappa shape index (κ1) is 14.7. The number of aromatic nitrogens is 2. The van der Waals surface area contributed by atoms with Gasteiger partial charge in [-0.15, -0.1) is 0 Å². The summed E-state index contributed by atoms with van der Waals surface area (Å²) in [6.07, 6.45) is 3.11. The van der Waals surface area contributed by atoms with Gasteiger partial charge in [0.05, 0.1) is 6.26 Å². The molecule has 124 valence electrons. The minimum absolute atomic E-state index is 0.0305. The van der Waals surface area contributed by atoms with Crippen LogP contribution in [0.3, 0.4) is 0 Å². The Morgan fingerprint density at radius 1 is 1.33 bits per heavy atom. The predicted molar refractivity (Wildman–Crippen MR) is 86.5 cm³/mol. The Balaban J connectivity index is 1.54. The molecule has 1 fully saturated rings. The third-order valence-electron chi connectivity index (χ3n) is 3.99. The number of hydrogen-bond donors (Lipinski definition) is 0. The summed E-state index contributed by atoms with van der Waals surface area (Å²) in [4.78, 5) is 31.8. The molecule has 0 N–H and O–H groups in total. The van der Waals surface area contributed by atoms with Crippen molar-refractivity contribution in [1.82, 2.24) is 14.3 Å². The summed E-state index contributed by atoms with van der Waals surface area (Å²) in [7, 11) is 0. The Morgan fingerprint density at radius 3 is 2.79 bits per heavy atom. The number of thiazole rings is 1. The number of hydrogen-bond acceptors (Lipinski definition) is 7. The lowest BCUT2D eigenvalue weighted by Gasteiger charge is -2.34. The standard InChI is InChI=1S/C14H13N5O4S/c20-13(10-2-1-8-23-10)17-5-3-16(4-6-17)11-12(19(21)22)18-7-9-24-14(18)15-11/h1-2,7-9H,3-6H2. The lowest BCUT2D eigenvalue weighted by Crippen LogP contribution is -2.49. The number of rotatable bonds is 3. The van der Waals surface area contributed by atoms with E-state index in [2.05, 4.69) is 4.98 Å². The van der Waals surface area contributed by atoms with Gasteiger partial charge in [-0.25, -0.2) is 0 Å². The van der Waals surface area contributed by atoms with Gasteiger partial charge in [0.1, 0.15) is 6.20 Å². The van der Waals surface area contributed by atoms with Crippen molar-refractivity contribution in [2.45, 2.75) is 0 Å². The van der Waals surface area contributed by atoms with Gasteiger partial charge >= 0.3 is 5.82 Å². The van der Waals surface area contributed by atoms with Gasteiger partial charge in [-0.1, -0.05) is 11.3 Å².